The first-order valence-corrected chi connectivity index (χ1v) is 6.13. The molecule has 1 aromatic carbocycles. The average Bonchev–Trinajstić information content (AvgIpc) is 3.04. The minimum absolute atomic E-state index is 0.442. The maximum Gasteiger partial charge on any atom is 0.0406 e. The summed E-state index contributed by atoms with van der Waals surface area (Å²) in [5, 5.41) is 0.813. The standard InChI is InChI=1S/C13H18ClN/c14-12-8-4-10(5-9-12)2-1-3-13(15)11-6-7-11/h4-5,8-9,11,13H,1-3,6-7,15H2. The van der Waals surface area contributed by atoms with E-state index in [1.807, 2.05) is 12.1 Å². The fraction of sp³-hybridized carbons (Fsp3) is 0.538. The number of rotatable bonds is 5. The van der Waals surface area contributed by atoms with Crippen LogP contribution in [0.2, 0.25) is 5.02 Å². The zero-order valence-electron chi connectivity index (χ0n) is 8.95. The highest BCUT2D eigenvalue weighted by molar-refractivity contribution is 6.30. The van der Waals surface area contributed by atoms with Crippen molar-refractivity contribution in [3.8, 4) is 0 Å². The third kappa shape index (κ3) is 3.51. The minimum Gasteiger partial charge on any atom is -0.327 e. The van der Waals surface area contributed by atoms with E-state index in [1.54, 1.807) is 0 Å². The highest BCUT2D eigenvalue weighted by Crippen LogP contribution is 2.33. The molecule has 1 aliphatic carbocycles. The molecule has 1 fully saturated rings. The quantitative estimate of drug-likeness (QED) is 0.814. The largest absolute Gasteiger partial charge is 0.327 e. The van der Waals surface area contributed by atoms with Gasteiger partial charge in [0.2, 0.25) is 0 Å². The second kappa shape index (κ2) is 5.00. The third-order valence-corrected chi connectivity index (χ3v) is 3.40. The Morgan fingerprint density at radius 2 is 1.93 bits per heavy atom. The Kier molecular flexibility index (Phi) is 3.66. The van der Waals surface area contributed by atoms with Crippen molar-refractivity contribution >= 4 is 11.6 Å². The smallest absolute Gasteiger partial charge is 0.0406 e. The molecule has 0 spiro atoms. The van der Waals surface area contributed by atoms with Gasteiger partial charge in [-0.2, -0.15) is 0 Å². The van der Waals surface area contributed by atoms with Crippen LogP contribution in [0.4, 0.5) is 0 Å². The van der Waals surface area contributed by atoms with Gasteiger partial charge in [0.25, 0.3) is 0 Å². The molecule has 0 amide bonds. The fourth-order valence-electron chi connectivity index (χ4n) is 1.95. The Bertz CT molecular complexity index is 303. The van der Waals surface area contributed by atoms with Gasteiger partial charge in [0, 0.05) is 11.1 Å². The van der Waals surface area contributed by atoms with Crippen molar-refractivity contribution in [2.75, 3.05) is 0 Å². The van der Waals surface area contributed by atoms with E-state index in [1.165, 1.54) is 24.8 Å². The molecule has 82 valence electrons. The minimum atomic E-state index is 0.442. The van der Waals surface area contributed by atoms with Crippen LogP contribution in [0.15, 0.2) is 24.3 Å². The molecule has 1 aromatic rings. The first kappa shape index (κ1) is 11.0. The van der Waals surface area contributed by atoms with Gasteiger partial charge in [-0.25, -0.2) is 0 Å². The van der Waals surface area contributed by atoms with Crippen LogP contribution in [0, 0.1) is 5.92 Å². The van der Waals surface area contributed by atoms with Crippen molar-refractivity contribution < 1.29 is 0 Å². The normalized spacial score (nSPS) is 17.7. The summed E-state index contributed by atoms with van der Waals surface area (Å²) in [5.41, 5.74) is 7.41. The number of hydrogen-bond acceptors (Lipinski definition) is 1. The summed E-state index contributed by atoms with van der Waals surface area (Å²) in [4.78, 5) is 0. The molecule has 2 N–H and O–H groups in total. The van der Waals surface area contributed by atoms with E-state index in [0.717, 1.165) is 23.8 Å². The lowest BCUT2D eigenvalue weighted by Gasteiger charge is -2.09. The van der Waals surface area contributed by atoms with Crippen molar-refractivity contribution in [3.63, 3.8) is 0 Å². The van der Waals surface area contributed by atoms with E-state index in [0.29, 0.717) is 6.04 Å². The maximum atomic E-state index is 6.05. The highest BCUT2D eigenvalue weighted by Gasteiger charge is 2.27. The zero-order valence-corrected chi connectivity index (χ0v) is 9.71. The molecule has 1 atom stereocenters. The molecule has 1 unspecified atom stereocenters. The van der Waals surface area contributed by atoms with Gasteiger partial charge in [-0.1, -0.05) is 23.7 Å². The van der Waals surface area contributed by atoms with Gasteiger partial charge in [-0.15, -0.1) is 0 Å². The van der Waals surface area contributed by atoms with Gasteiger partial charge in [0.1, 0.15) is 0 Å². The molecule has 1 aliphatic rings. The Labute approximate surface area is 96.6 Å². The van der Waals surface area contributed by atoms with E-state index < -0.39 is 0 Å². The Balaban J connectivity index is 1.70. The number of halogens is 1. The summed E-state index contributed by atoms with van der Waals surface area (Å²) in [6, 6.07) is 8.56. The molecule has 0 aromatic heterocycles. The predicted octanol–water partition coefficient (Wildman–Crippen LogP) is 3.40. The summed E-state index contributed by atoms with van der Waals surface area (Å²) in [7, 11) is 0. The molecular formula is C13H18ClN. The molecule has 15 heavy (non-hydrogen) atoms. The molecular weight excluding hydrogens is 206 g/mol. The summed E-state index contributed by atoms with van der Waals surface area (Å²) in [6.07, 6.45) is 6.18. The van der Waals surface area contributed by atoms with Crippen molar-refractivity contribution in [1.82, 2.24) is 0 Å². The lowest BCUT2D eigenvalue weighted by atomic mass is 10.0. The summed E-state index contributed by atoms with van der Waals surface area (Å²) in [6.45, 7) is 0. The highest BCUT2D eigenvalue weighted by atomic mass is 35.5. The first-order valence-electron chi connectivity index (χ1n) is 5.76. The monoisotopic (exact) mass is 223 g/mol. The molecule has 0 heterocycles. The molecule has 2 rings (SSSR count). The van der Waals surface area contributed by atoms with Crippen molar-refractivity contribution in [2.24, 2.45) is 11.7 Å². The Morgan fingerprint density at radius 3 is 2.53 bits per heavy atom. The Morgan fingerprint density at radius 1 is 1.27 bits per heavy atom. The van der Waals surface area contributed by atoms with E-state index >= 15 is 0 Å². The van der Waals surface area contributed by atoms with Gasteiger partial charge in [-0.3, -0.25) is 0 Å². The number of nitrogens with two attached hydrogens (primary N) is 1. The predicted molar refractivity (Wildman–Crippen MR) is 65.1 cm³/mol. The van der Waals surface area contributed by atoms with Gasteiger partial charge < -0.3 is 5.73 Å². The lowest BCUT2D eigenvalue weighted by molar-refractivity contribution is 0.528. The second-order valence-electron chi connectivity index (χ2n) is 4.52. The van der Waals surface area contributed by atoms with E-state index in [9.17, 15) is 0 Å². The average molecular weight is 224 g/mol. The van der Waals surface area contributed by atoms with Crippen molar-refractivity contribution in [3.05, 3.63) is 34.9 Å². The van der Waals surface area contributed by atoms with E-state index in [-0.39, 0.29) is 0 Å². The molecule has 1 nitrogen and oxygen atoms in total. The van der Waals surface area contributed by atoms with Gasteiger partial charge in [-0.05, 0) is 55.7 Å². The molecule has 0 radical (unpaired) electrons. The molecule has 1 saturated carbocycles. The topological polar surface area (TPSA) is 26.0 Å². The van der Waals surface area contributed by atoms with Gasteiger partial charge in [0.05, 0.1) is 0 Å². The second-order valence-corrected chi connectivity index (χ2v) is 4.96. The van der Waals surface area contributed by atoms with E-state index in [2.05, 4.69) is 12.1 Å². The maximum absolute atomic E-state index is 6.05. The van der Waals surface area contributed by atoms with Crippen LogP contribution in [-0.2, 0) is 6.42 Å². The van der Waals surface area contributed by atoms with Gasteiger partial charge in [0.15, 0.2) is 0 Å². The molecule has 0 aliphatic heterocycles. The first-order chi connectivity index (χ1) is 7.25. The van der Waals surface area contributed by atoms with Crippen LogP contribution in [0.3, 0.4) is 0 Å². The van der Waals surface area contributed by atoms with Crippen LogP contribution in [0.5, 0.6) is 0 Å². The van der Waals surface area contributed by atoms with Crippen molar-refractivity contribution in [1.29, 1.82) is 0 Å². The summed E-state index contributed by atoms with van der Waals surface area (Å²) >= 11 is 5.83. The third-order valence-electron chi connectivity index (χ3n) is 3.14. The number of benzene rings is 1. The van der Waals surface area contributed by atoms with Crippen molar-refractivity contribution in [2.45, 2.75) is 38.1 Å². The van der Waals surface area contributed by atoms with E-state index in [4.69, 9.17) is 17.3 Å². The molecule has 2 heteroatoms. The van der Waals surface area contributed by atoms with Crippen LogP contribution in [0.25, 0.3) is 0 Å². The molecule has 0 saturated heterocycles. The number of hydrogen-bond donors (Lipinski definition) is 1. The SMILES string of the molecule is NC(CCCc1ccc(Cl)cc1)C1CC1. The van der Waals surface area contributed by atoms with Crippen LogP contribution in [-0.4, -0.2) is 6.04 Å². The summed E-state index contributed by atoms with van der Waals surface area (Å²) < 4.78 is 0. The zero-order chi connectivity index (χ0) is 10.7. The van der Waals surface area contributed by atoms with Crippen LogP contribution < -0.4 is 5.73 Å². The molecule has 0 bridgehead atoms. The van der Waals surface area contributed by atoms with Crippen LogP contribution in [0.1, 0.15) is 31.2 Å². The Hall–Kier alpha value is -0.530. The fourth-order valence-corrected chi connectivity index (χ4v) is 2.08. The van der Waals surface area contributed by atoms with Crippen LogP contribution >= 0.6 is 11.6 Å². The van der Waals surface area contributed by atoms with Gasteiger partial charge >= 0.3 is 0 Å². The number of aryl methyl sites for hydroxylation is 1. The summed E-state index contributed by atoms with van der Waals surface area (Å²) in [5.74, 6) is 0.829. The lowest BCUT2D eigenvalue weighted by Crippen LogP contribution is -2.22.